The van der Waals surface area contributed by atoms with Crippen LogP contribution < -0.4 is 0 Å². The zero-order valence-electron chi connectivity index (χ0n) is 14.9. The van der Waals surface area contributed by atoms with Crippen molar-refractivity contribution in [2.45, 2.75) is 71.5 Å². The molecule has 0 aliphatic rings. The van der Waals surface area contributed by atoms with Crippen LogP contribution in [0.3, 0.4) is 0 Å². The van der Waals surface area contributed by atoms with Crippen LogP contribution in [-0.2, 0) is 18.9 Å². The number of methoxy groups -OCH3 is 1. The van der Waals surface area contributed by atoms with Gasteiger partial charge in [-0.3, -0.25) is 0 Å². The summed E-state index contributed by atoms with van der Waals surface area (Å²) in [6.45, 7) is 6.62. The van der Waals surface area contributed by atoms with Crippen LogP contribution in [-0.4, -0.2) is 40.0 Å². The van der Waals surface area contributed by atoms with E-state index in [0.29, 0.717) is 6.79 Å². The molecule has 0 saturated carbocycles. The van der Waals surface area contributed by atoms with E-state index in [1.165, 1.54) is 38.5 Å². The van der Waals surface area contributed by atoms with Crippen LogP contribution in [0.1, 0.15) is 65.2 Å². The quantitative estimate of drug-likeness (QED) is 0.222. The Morgan fingerprint density at radius 3 is 2.14 bits per heavy atom. The zero-order valence-corrected chi connectivity index (χ0v) is 14.9. The molecule has 0 bridgehead atoms. The van der Waals surface area contributed by atoms with Gasteiger partial charge in [0, 0.05) is 20.3 Å². The molecule has 0 radical (unpaired) electrons. The van der Waals surface area contributed by atoms with Crippen molar-refractivity contribution in [3.8, 4) is 0 Å². The Labute approximate surface area is 137 Å². The van der Waals surface area contributed by atoms with Gasteiger partial charge < -0.3 is 18.9 Å². The molecule has 132 valence electrons. The second kappa shape index (κ2) is 18.6. The Hall–Kier alpha value is -0.420. The lowest BCUT2D eigenvalue weighted by molar-refractivity contribution is -0.140. The molecular formula is C18H36O4. The van der Waals surface area contributed by atoms with Crippen LogP contribution in [0.5, 0.6) is 0 Å². The molecule has 0 spiro atoms. The second-order valence-electron chi connectivity index (χ2n) is 5.26. The fourth-order valence-electron chi connectivity index (χ4n) is 2.22. The van der Waals surface area contributed by atoms with Gasteiger partial charge in [-0.2, -0.15) is 0 Å². The van der Waals surface area contributed by atoms with Crippen LogP contribution in [0.25, 0.3) is 0 Å². The van der Waals surface area contributed by atoms with Crippen LogP contribution >= 0.6 is 0 Å². The summed E-state index contributed by atoms with van der Waals surface area (Å²) in [6, 6.07) is 0. The van der Waals surface area contributed by atoms with Gasteiger partial charge in [-0.25, -0.2) is 0 Å². The first-order valence-electron chi connectivity index (χ1n) is 8.80. The second-order valence-corrected chi connectivity index (χ2v) is 5.26. The maximum absolute atomic E-state index is 5.54. The van der Waals surface area contributed by atoms with E-state index in [-0.39, 0.29) is 6.29 Å². The molecule has 22 heavy (non-hydrogen) atoms. The fraction of sp³-hybridized carbons (Fsp3) is 0.889. The molecular weight excluding hydrogens is 280 g/mol. The average Bonchev–Trinajstić information content (AvgIpc) is 2.52. The van der Waals surface area contributed by atoms with E-state index in [1.54, 1.807) is 7.11 Å². The number of ether oxygens (including phenoxy) is 4. The summed E-state index contributed by atoms with van der Waals surface area (Å²) in [7, 11) is 1.64. The molecule has 0 heterocycles. The number of hydrogen-bond donors (Lipinski definition) is 0. The predicted octanol–water partition coefficient (Wildman–Crippen LogP) is 4.68. The summed E-state index contributed by atoms with van der Waals surface area (Å²) in [4.78, 5) is 0. The van der Waals surface area contributed by atoms with E-state index >= 15 is 0 Å². The highest BCUT2D eigenvalue weighted by Crippen LogP contribution is 2.11. The average molecular weight is 316 g/mol. The summed E-state index contributed by atoms with van der Waals surface area (Å²) < 4.78 is 21.1. The van der Waals surface area contributed by atoms with Gasteiger partial charge in [-0.15, -0.1) is 0 Å². The molecule has 0 aliphatic carbocycles. The third-order valence-electron chi connectivity index (χ3n) is 3.31. The molecule has 0 saturated heterocycles. The maximum atomic E-state index is 5.54. The Bertz CT molecular complexity index is 225. The molecule has 4 nitrogen and oxygen atoms in total. The standard InChI is InChI=1S/C18H36O4/c1-4-21-18(22-5-2)15-13-11-9-7-6-8-10-12-14-16-20-17-19-3/h10,12,18H,4-9,11,13-17H2,1-3H3/b12-10+. The van der Waals surface area contributed by atoms with Gasteiger partial charge in [0.1, 0.15) is 6.79 Å². The first-order chi connectivity index (χ1) is 10.8. The lowest BCUT2D eigenvalue weighted by Gasteiger charge is -2.16. The molecule has 0 amide bonds. The van der Waals surface area contributed by atoms with Crippen molar-refractivity contribution >= 4 is 0 Å². The summed E-state index contributed by atoms with van der Waals surface area (Å²) in [5.74, 6) is 0. The molecule has 0 unspecified atom stereocenters. The highest BCUT2D eigenvalue weighted by Gasteiger charge is 2.06. The van der Waals surface area contributed by atoms with Crippen molar-refractivity contribution in [3.05, 3.63) is 12.2 Å². The van der Waals surface area contributed by atoms with Crippen LogP contribution in [0, 0.1) is 0 Å². The largest absolute Gasteiger partial charge is 0.359 e. The Morgan fingerprint density at radius 1 is 0.818 bits per heavy atom. The molecule has 0 aliphatic heterocycles. The molecule has 0 rings (SSSR count). The van der Waals surface area contributed by atoms with E-state index in [2.05, 4.69) is 12.2 Å². The molecule has 0 N–H and O–H groups in total. The topological polar surface area (TPSA) is 36.9 Å². The first kappa shape index (κ1) is 21.6. The Morgan fingerprint density at radius 2 is 1.45 bits per heavy atom. The number of rotatable bonds is 17. The molecule has 0 aromatic heterocycles. The number of allylic oxidation sites excluding steroid dienone is 1. The fourth-order valence-corrected chi connectivity index (χ4v) is 2.22. The SMILES string of the molecule is CCOC(CCCCCCC/C=C/CCOCOC)OCC. The Kier molecular flexibility index (Phi) is 18.3. The first-order valence-corrected chi connectivity index (χ1v) is 8.80. The highest BCUT2D eigenvalue weighted by atomic mass is 16.7. The van der Waals surface area contributed by atoms with Crippen molar-refractivity contribution in [1.82, 2.24) is 0 Å². The summed E-state index contributed by atoms with van der Waals surface area (Å²) >= 11 is 0. The summed E-state index contributed by atoms with van der Waals surface area (Å²) in [5.41, 5.74) is 0. The predicted molar refractivity (Wildman–Crippen MR) is 90.9 cm³/mol. The van der Waals surface area contributed by atoms with Crippen molar-refractivity contribution < 1.29 is 18.9 Å². The zero-order chi connectivity index (χ0) is 16.3. The molecule has 0 fully saturated rings. The van der Waals surface area contributed by atoms with E-state index in [0.717, 1.165) is 32.7 Å². The van der Waals surface area contributed by atoms with E-state index in [4.69, 9.17) is 18.9 Å². The van der Waals surface area contributed by atoms with Gasteiger partial charge in [-0.05, 0) is 46.0 Å². The van der Waals surface area contributed by atoms with Crippen LogP contribution in [0.4, 0.5) is 0 Å². The maximum Gasteiger partial charge on any atom is 0.157 e. The lowest BCUT2D eigenvalue weighted by Crippen LogP contribution is -2.17. The minimum absolute atomic E-state index is 0.00161. The van der Waals surface area contributed by atoms with Crippen LogP contribution in [0.15, 0.2) is 12.2 Å². The van der Waals surface area contributed by atoms with E-state index < -0.39 is 0 Å². The molecule has 4 heteroatoms. The number of hydrogen-bond acceptors (Lipinski definition) is 4. The summed E-state index contributed by atoms with van der Waals surface area (Å²) in [5, 5.41) is 0. The van der Waals surface area contributed by atoms with Crippen molar-refractivity contribution in [2.24, 2.45) is 0 Å². The normalized spacial score (nSPS) is 11.8. The van der Waals surface area contributed by atoms with Gasteiger partial charge in [-0.1, -0.05) is 31.4 Å². The van der Waals surface area contributed by atoms with Crippen molar-refractivity contribution in [2.75, 3.05) is 33.7 Å². The summed E-state index contributed by atoms with van der Waals surface area (Å²) in [6.07, 6.45) is 14.0. The van der Waals surface area contributed by atoms with Gasteiger partial charge >= 0.3 is 0 Å². The molecule has 0 aromatic carbocycles. The third-order valence-corrected chi connectivity index (χ3v) is 3.31. The van der Waals surface area contributed by atoms with E-state index in [9.17, 15) is 0 Å². The monoisotopic (exact) mass is 316 g/mol. The van der Waals surface area contributed by atoms with Gasteiger partial charge in [0.15, 0.2) is 6.29 Å². The minimum atomic E-state index is -0.00161. The third kappa shape index (κ3) is 16.0. The Balaban J connectivity index is 3.26. The van der Waals surface area contributed by atoms with Crippen LogP contribution in [0.2, 0.25) is 0 Å². The molecule has 0 aromatic rings. The molecule has 0 atom stereocenters. The highest BCUT2D eigenvalue weighted by molar-refractivity contribution is 4.81. The van der Waals surface area contributed by atoms with E-state index in [1.807, 2.05) is 13.8 Å². The van der Waals surface area contributed by atoms with Gasteiger partial charge in [0.05, 0.1) is 6.61 Å². The lowest BCUT2D eigenvalue weighted by atomic mass is 10.1. The number of unbranched alkanes of at least 4 members (excludes halogenated alkanes) is 5. The van der Waals surface area contributed by atoms with Crippen molar-refractivity contribution in [1.29, 1.82) is 0 Å². The van der Waals surface area contributed by atoms with Gasteiger partial charge in [0.2, 0.25) is 0 Å². The minimum Gasteiger partial charge on any atom is -0.359 e. The van der Waals surface area contributed by atoms with Crippen molar-refractivity contribution in [3.63, 3.8) is 0 Å². The van der Waals surface area contributed by atoms with Gasteiger partial charge in [0.25, 0.3) is 0 Å². The smallest absolute Gasteiger partial charge is 0.157 e.